The summed E-state index contributed by atoms with van der Waals surface area (Å²) in [5, 5.41) is 11.5. The molecule has 0 aromatic carbocycles. The summed E-state index contributed by atoms with van der Waals surface area (Å²) in [6, 6.07) is 0. The topological polar surface area (TPSA) is 165 Å². The zero-order valence-electron chi connectivity index (χ0n) is 13.4. The Kier molecular flexibility index (Phi) is 4.44. The van der Waals surface area contributed by atoms with E-state index in [0.29, 0.717) is 0 Å². The number of carboxylic acids is 1. The number of amides is 1. The SMILES string of the molecule is CC(C)(C)OC(=O)NC(CC(=O)O)n1cnc2c(=O)[nH]c(N)nc21. The monoisotopic (exact) mass is 338 g/mol. The number of nitrogen functional groups attached to an aromatic ring is 1. The zero-order valence-corrected chi connectivity index (χ0v) is 13.4. The lowest BCUT2D eigenvalue weighted by molar-refractivity contribution is -0.138. The van der Waals surface area contributed by atoms with Gasteiger partial charge in [0.1, 0.15) is 11.8 Å². The normalized spacial score (nSPS) is 12.8. The minimum absolute atomic E-state index is 0.0226. The Hall–Kier alpha value is -3.11. The summed E-state index contributed by atoms with van der Waals surface area (Å²) < 4.78 is 6.37. The predicted octanol–water partition coefficient (Wildman–Crippen LogP) is 0.200. The van der Waals surface area contributed by atoms with Crippen LogP contribution in [0.4, 0.5) is 10.7 Å². The first-order chi connectivity index (χ1) is 11.1. The minimum atomic E-state index is -1.17. The van der Waals surface area contributed by atoms with Gasteiger partial charge in [-0.2, -0.15) is 4.98 Å². The fraction of sp³-hybridized carbons (Fsp3) is 0.462. The van der Waals surface area contributed by atoms with Crippen LogP contribution in [0.5, 0.6) is 0 Å². The van der Waals surface area contributed by atoms with Gasteiger partial charge in [-0.25, -0.2) is 9.78 Å². The molecule has 2 rings (SSSR count). The quantitative estimate of drug-likeness (QED) is 0.613. The molecule has 2 aromatic rings. The molecule has 1 unspecified atom stereocenters. The van der Waals surface area contributed by atoms with Crippen LogP contribution in [-0.4, -0.2) is 42.3 Å². The largest absolute Gasteiger partial charge is 0.481 e. The molecule has 0 radical (unpaired) electrons. The number of aromatic amines is 1. The molecule has 0 spiro atoms. The van der Waals surface area contributed by atoms with E-state index < -0.39 is 35.8 Å². The van der Waals surface area contributed by atoms with Crippen molar-refractivity contribution in [1.82, 2.24) is 24.8 Å². The van der Waals surface area contributed by atoms with Gasteiger partial charge in [0, 0.05) is 0 Å². The number of alkyl carbamates (subject to hydrolysis) is 1. The fourth-order valence-corrected chi connectivity index (χ4v) is 2.00. The number of hydrogen-bond donors (Lipinski definition) is 4. The van der Waals surface area contributed by atoms with Gasteiger partial charge in [-0.1, -0.05) is 0 Å². The summed E-state index contributed by atoms with van der Waals surface area (Å²) >= 11 is 0. The predicted molar refractivity (Wildman–Crippen MR) is 83.2 cm³/mol. The Balaban J connectivity index is 2.40. The second-order valence-corrected chi connectivity index (χ2v) is 6.04. The van der Waals surface area contributed by atoms with Crippen LogP contribution >= 0.6 is 0 Å². The van der Waals surface area contributed by atoms with E-state index in [1.807, 2.05) is 0 Å². The molecule has 1 amide bonds. The van der Waals surface area contributed by atoms with E-state index in [1.54, 1.807) is 20.8 Å². The molecule has 2 aromatic heterocycles. The lowest BCUT2D eigenvalue weighted by Crippen LogP contribution is -2.38. The maximum atomic E-state index is 11.9. The first-order valence-electron chi connectivity index (χ1n) is 7.00. The van der Waals surface area contributed by atoms with Gasteiger partial charge in [0.2, 0.25) is 5.95 Å². The van der Waals surface area contributed by atoms with Crippen LogP contribution in [-0.2, 0) is 9.53 Å². The number of anilines is 1. The highest BCUT2D eigenvalue weighted by atomic mass is 16.6. The van der Waals surface area contributed by atoms with Gasteiger partial charge >= 0.3 is 12.1 Å². The number of nitrogens with one attached hydrogen (secondary N) is 2. The van der Waals surface area contributed by atoms with Crippen molar-refractivity contribution in [2.24, 2.45) is 0 Å². The smallest absolute Gasteiger partial charge is 0.409 e. The van der Waals surface area contributed by atoms with Crippen LogP contribution in [0.1, 0.15) is 33.4 Å². The Morgan fingerprint density at radius 2 is 2.17 bits per heavy atom. The molecule has 130 valence electrons. The van der Waals surface area contributed by atoms with Gasteiger partial charge < -0.3 is 20.9 Å². The lowest BCUT2D eigenvalue weighted by Gasteiger charge is -2.23. The van der Waals surface area contributed by atoms with Crippen LogP contribution in [0.2, 0.25) is 0 Å². The van der Waals surface area contributed by atoms with Crippen molar-refractivity contribution in [3.8, 4) is 0 Å². The summed E-state index contributed by atoms with van der Waals surface area (Å²) in [5.74, 6) is -1.32. The third-order valence-electron chi connectivity index (χ3n) is 2.84. The Morgan fingerprint density at radius 1 is 1.50 bits per heavy atom. The van der Waals surface area contributed by atoms with Crippen LogP contribution in [0.15, 0.2) is 11.1 Å². The Labute approximate surface area is 135 Å². The molecule has 2 heterocycles. The average molecular weight is 338 g/mol. The van der Waals surface area contributed by atoms with Gasteiger partial charge in [-0.05, 0) is 20.8 Å². The third kappa shape index (κ3) is 4.00. The number of carbonyl (C=O) groups excluding carboxylic acids is 1. The molecule has 0 saturated carbocycles. The number of carbonyl (C=O) groups is 2. The van der Waals surface area contributed by atoms with Crippen molar-refractivity contribution in [2.45, 2.75) is 39.0 Å². The first-order valence-corrected chi connectivity index (χ1v) is 7.00. The van der Waals surface area contributed by atoms with E-state index >= 15 is 0 Å². The second-order valence-electron chi connectivity index (χ2n) is 6.04. The van der Waals surface area contributed by atoms with E-state index in [0.717, 1.165) is 0 Å². The van der Waals surface area contributed by atoms with Crippen LogP contribution in [0.3, 0.4) is 0 Å². The number of nitrogens with two attached hydrogens (primary N) is 1. The van der Waals surface area contributed by atoms with Crippen LogP contribution < -0.4 is 16.6 Å². The molecule has 0 aliphatic heterocycles. The number of nitrogens with zero attached hydrogens (tertiary/aromatic N) is 3. The number of aromatic nitrogens is 4. The summed E-state index contributed by atoms with van der Waals surface area (Å²) in [7, 11) is 0. The van der Waals surface area contributed by atoms with E-state index in [-0.39, 0.29) is 17.1 Å². The number of carboxylic acid groups (broad SMARTS) is 1. The zero-order chi connectivity index (χ0) is 18.1. The summed E-state index contributed by atoms with van der Waals surface area (Å²) in [6.45, 7) is 5.02. The van der Waals surface area contributed by atoms with E-state index in [2.05, 4.69) is 20.3 Å². The Bertz CT molecular complexity index is 833. The van der Waals surface area contributed by atoms with Crippen molar-refractivity contribution in [3.63, 3.8) is 0 Å². The number of hydrogen-bond acceptors (Lipinski definition) is 7. The van der Waals surface area contributed by atoms with Crippen molar-refractivity contribution < 1.29 is 19.4 Å². The van der Waals surface area contributed by atoms with Gasteiger partial charge in [0.25, 0.3) is 5.56 Å². The minimum Gasteiger partial charge on any atom is -0.481 e. The van der Waals surface area contributed by atoms with Gasteiger partial charge in [0.15, 0.2) is 11.2 Å². The van der Waals surface area contributed by atoms with Crippen molar-refractivity contribution in [1.29, 1.82) is 0 Å². The average Bonchev–Trinajstić information content (AvgIpc) is 2.78. The molecule has 24 heavy (non-hydrogen) atoms. The van der Waals surface area contributed by atoms with Crippen molar-refractivity contribution >= 4 is 29.2 Å². The molecule has 11 heteroatoms. The highest BCUT2D eigenvalue weighted by Crippen LogP contribution is 2.16. The number of imidazole rings is 1. The maximum Gasteiger partial charge on any atom is 0.409 e. The molecule has 0 fully saturated rings. The molecule has 0 saturated heterocycles. The summed E-state index contributed by atoms with van der Waals surface area (Å²) in [5.41, 5.74) is 4.21. The molecule has 1 atom stereocenters. The first kappa shape index (κ1) is 17.2. The third-order valence-corrected chi connectivity index (χ3v) is 2.84. The van der Waals surface area contributed by atoms with E-state index in [1.165, 1.54) is 10.9 Å². The highest BCUT2D eigenvalue weighted by Gasteiger charge is 2.24. The standard InChI is InChI=1S/C13H18N6O5/c1-13(2,3)24-12(23)16-6(4-7(20)21)19-5-15-8-9(19)17-11(14)18-10(8)22/h5-6H,4H2,1-3H3,(H,16,23)(H,20,21)(H3,14,17,18,22). The van der Waals surface area contributed by atoms with Gasteiger partial charge in [0.05, 0.1) is 12.7 Å². The van der Waals surface area contributed by atoms with Crippen LogP contribution in [0.25, 0.3) is 11.2 Å². The number of fused-ring (bicyclic) bond motifs is 1. The van der Waals surface area contributed by atoms with Crippen molar-refractivity contribution in [2.75, 3.05) is 5.73 Å². The van der Waals surface area contributed by atoms with E-state index in [9.17, 15) is 14.4 Å². The highest BCUT2D eigenvalue weighted by molar-refractivity contribution is 5.74. The number of rotatable bonds is 4. The summed E-state index contributed by atoms with van der Waals surface area (Å²) in [6.07, 6.45) is -1.14. The van der Waals surface area contributed by atoms with Gasteiger partial charge in [-0.15, -0.1) is 0 Å². The molecular weight excluding hydrogens is 320 g/mol. The van der Waals surface area contributed by atoms with Crippen molar-refractivity contribution in [3.05, 3.63) is 16.7 Å². The molecule has 11 nitrogen and oxygen atoms in total. The summed E-state index contributed by atoms with van der Waals surface area (Å²) in [4.78, 5) is 44.9. The maximum absolute atomic E-state index is 11.9. The fourth-order valence-electron chi connectivity index (χ4n) is 2.00. The second kappa shape index (κ2) is 6.18. The number of H-pyrrole nitrogens is 1. The van der Waals surface area contributed by atoms with Gasteiger partial charge in [-0.3, -0.25) is 19.1 Å². The molecule has 0 aliphatic rings. The molecule has 0 bridgehead atoms. The molecule has 5 N–H and O–H groups in total. The number of ether oxygens (including phenoxy) is 1. The Morgan fingerprint density at radius 3 is 2.75 bits per heavy atom. The van der Waals surface area contributed by atoms with Crippen LogP contribution in [0, 0.1) is 0 Å². The molecular formula is C13H18N6O5. The lowest BCUT2D eigenvalue weighted by atomic mass is 10.2. The van der Waals surface area contributed by atoms with E-state index in [4.69, 9.17) is 15.6 Å². The number of aliphatic carboxylic acids is 1. The molecule has 0 aliphatic carbocycles.